The third kappa shape index (κ3) is 4.43. The molecule has 4 rings (SSSR count). The molecule has 0 radical (unpaired) electrons. The number of piperidine rings is 1. The van der Waals surface area contributed by atoms with Crippen LogP contribution in [0.3, 0.4) is 0 Å². The van der Waals surface area contributed by atoms with Crippen molar-refractivity contribution in [1.82, 2.24) is 9.21 Å². The molecule has 10 heteroatoms. The van der Waals surface area contributed by atoms with E-state index in [2.05, 4.69) is 5.32 Å². The smallest absolute Gasteiger partial charge is 0.244 e. The van der Waals surface area contributed by atoms with Crippen LogP contribution in [0.2, 0.25) is 5.02 Å². The molecule has 1 N–H and O–H groups in total. The topological polar surface area (TPSA) is 104 Å². The lowest BCUT2D eigenvalue weighted by molar-refractivity contribution is -0.144. The molecule has 2 aliphatic heterocycles. The fraction of sp³-hybridized carbons (Fsp3) is 0.591. The molecule has 2 heterocycles. The van der Waals surface area contributed by atoms with Crippen LogP contribution in [-0.2, 0) is 24.4 Å². The van der Waals surface area contributed by atoms with Gasteiger partial charge in [0.2, 0.25) is 27.7 Å². The van der Waals surface area contributed by atoms with Crippen LogP contribution in [-0.4, -0.2) is 55.0 Å². The number of amides is 3. The van der Waals surface area contributed by atoms with Crippen molar-refractivity contribution in [2.75, 3.05) is 25.0 Å². The quantitative estimate of drug-likeness (QED) is 0.650. The highest BCUT2D eigenvalue weighted by Crippen LogP contribution is 2.45. The summed E-state index contributed by atoms with van der Waals surface area (Å²) in [5, 5.41) is 2.70. The first-order valence-electron chi connectivity index (χ1n) is 11.2. The fourth-order valence-corrected chi connectivity index (χ4v) is 7.02. The summed E-state index contributed by atoms with van der Waals surface area (Å²) in [6.45, 7) is 0.503. The molecule has 3 aliphatic rings. The first kappa shape index (κ1) is 23.2. The molecule has 0 unspecified atom stereocenters. The number of hydrogen-bond acceptors (Lipinski definition) is 5. The van der Waals surface area contributed by atoms with E-state index in [0.717, 1.165) is 43.4 Å². The number of anilines is 1. The zero-order valence-electron chi connectivity index (χ0n) is 17.9. The molecule has 0 aromatic heterocycles. The molecule has 1 aromatic carbocycles. The van der Waals surface area contributed by atoms with E-state index in [1.54, 1.807) is 0 Å². The number of halogens is 1. The average Bonchev–Trinajstić information content (AvgIpc) is 3.00. The number of likely N-dealkylation sites (tertiary alicyclic amines) is 1. The summed E-state index contributed by atoms with van der Waals surface area (Å²) in [6, 6.07) is 4.27. The van der Waals surface area contributed by atoms with Gasteiger partial charge in [-0.2, -0.15) is 4.31 Å². The van der Waals surface area contributed by atoms with Crippen molar-refractivity contribution in [1.29, 1.82) is 0 Å². The number of imide groups is 1. The molecule has 0 bridgehead atoms. The van der Waals surface area contributed by atoms with E-state index >= 15 is 0 Å². The second-order valence-corrected chi connectivity index (χ2v) is 11.3. The van der Waals surface area contributed by atoms with Crippen LogP contribution in [0.1, 0.15) is 57.8 Å². The van der Waals surface area contributed by atoms with Gasteiger partial charge >= 0.3 is 0 Å². The largest absolute Gasteiger partial charge is 0.324 e. The van der Waals surface area contributed by atoms with Crippen LogP contribution < -0.4 is 5.32 Å². The number of rotatable bonds is 5. The van der Waals surface area contributed by atoms with Gasteiger partial charge < -0.3 is 5.32 Å². The summed E-state index contributed by atoms with van der Waals surface area (Å²) in [5.41, 5.74) is -0.396. The van der Waals surface area contributed by atoms with Crippen LogP contribution in [0, 0.1) is 5.41 Å². The van der Waals surface area contributed by atoms with Crippen LogP contribution in [0.15, 0.2) is 23.1 Å². The number of carbonyl (C=O) groups is 3. The number of nitrogens with one attached hydrogen (secondary N) is 1. The molecule has 3 fully saturated rings. The molecule has 3 amide bonds. The molecule has 32 heavy (non-hydrogen) atoms. The van der Waals surface area contributed by atoms with Gasteiger partial charge in [0.05, 0.1) is 10.4 Å². The number of nitrogens with zero attached hydrogens (tertiary/aromatic N) is 2. The zero-order chi connectivity index (χ0) is 22.9. The van der Waals surface area contributed by atoms with Gasteiger partial charge in [0.15, 0.2) is 0 Å². The Balaban J connectivity index is 1.46. The van der Waals surface area contributed by atoms with Crippen molar-refractivity contribution < 1.29 is 22.8 Å². The lowest BCUT2D eigenvalue weighted by Crippen LogP contribution is -2.41. The Bertz CT molecular complexity index is 1030. The van der Waals surface area contributed by atoms with E-state index in [0.29, 0.717) is 25.9 Å². The standard InChI is InChI=1S/C22H28ClN3O5S/c23-17-8-7-16(13-18(17)32(30,31)25-11-5-2-6-12-25)24-19(27)15-26-20(28)14-22(21(26)29)9-3-1-4-10-22/h7-8,13H,1-6,9-12,14-15H2,(H,24,27). The van der Waals surface area contributed by atoms with Crippen molar-refractivity contribution in [2.24, 2.45) is 5.41 Å². The molecular weight excluding hydrogens is 454 g/mol. The summed E-state index contributed by atoms with van der Waals surface area (Å²) in [5.74, 6) is -1.14. The highest BCUT2D eigenvalue weighted by Gasteiger charge is 2.51. The predicted molar refractivity (Wildman–Crippen MR) is 120 cm³/mol. The van der Waals surface area contributed by atoms with Crippen LogP contribution >= 0.6 is 11.6 Å². The lowest BCUT2D eigenvalue weighted by Gasteiger charge is -2.30. The van der Waals surface area contributed by atoms with Gasteiger partial charge in [0.1, 0.15) is 11.4 Å². The normalized spacial score (nSPS) is 21.8. The molecule has 2 saturated heterocycles. The van der Waals surface area contributed by atoms with Crippen molar-refractivity contribution >= 4 is 45.0 Å². The molecular formula is C22H28ClN3O5S. The van der Waals surface area contributed by atoms with Crippen LogP contribution in [0.25, 0.3) is 0 Å². The second kappa shape index (κ2) is 9.11. The molecule has 0 atom stereocenters. The van der Waals surface area contributed by atoms with Crippen LogP contribution in [0.4, 0.5) is 5.69 Å². The number of carbonyl (C=O) groups excluding carboxylic acids is 3. The summed E-state index contributed by atoms with van der Waals surface area (Å²) in [6.07, 6.45) is 7.01. The van der Waals surface area contributed by atoms with Gasteiger partial charge in [-0.25, -0.2) is 8.42 Å². The van der Waals surface area contributed by atoms with E-state index in [-0.39, 0.29) is 40.4 Å². The first-order valence-corrected chi connectivity index (χ1v) is 13.0. The van der Waals surface area contributed by atoms with Gasteiger partial charge in [-0.1, -0.05) is 37.3 Å². The molecule has 1 saturated carbocycles. The van der Waals surface area contributed by atoms with Gasteiger partial charge in [-0.05, 0) is 43.9 Å². The van der Waals surface area contributed by atoms with Gasteiger partial charge in [-0.15, -0.1) is 0 Å². The van der Waals surface area contributed by atoms with E-state index in [1.165, 1.54) is 22.5 Å². The second-order valence-electron chi connectivity index (χ2n) is 8.96. The number of sulfonamides is 1. The monoisotopic (exact) mass is 481 g/mol. The summed E-state index contributed by atoms with van der Waals surface area (Å²) in [7, 11) is -3.78. The highest BCUT2D eigenvalue weighted by atomic mass is 35.5. The average molecular weight is 482 g/mol. The maximum absolute atomic E-state index is 13.0. The van der Waals surface area contributed by atoms with Crippen molar-refractivity contribution in [3.63, 3.8) is 0 Å². The molecule has 174 valence electrons. The Morgan fingerprint density at radius 2 is 1.69 bits per heavy atom. The minimum Gasteiger partial charge on any atom is -0.324 e. The summed E-state index contributed by atoms with van der Waals surface area (Å²) < 4.78 is 27.4. The summed E-state index contributed by atoms with van der Waals surface area (Å²) >= 11 is 6.18. The van der Waals surface area contributed by atoms with Crippen molar-refractivity contribution in [3.8, 4) is 0 Å². The fourth-order valence-electron chi connectivity index (χ4n) is 5.01. The molecule has 1 spiro atoms. The maximum atomic E-state index is 13.0. The van der Waals surface area contributed by atoms with E-state index < -0.39 is 21.3 Å². The lowest BCUT2D eigenvalue weighted by atomic mass is 9.73. The summed E-state index contributed by atoms with van der Waals surface area (Å²) in [4.78, 5) is 39.0. The Hall–Kier alpha value is -1.97. The van der Waals surface area contributed by atoms with E-state index in [1.807, 2.05) is 0 Å². The molecule has 1 aliphatic carbocycles. The number of hydrogen-bond donors (Lipinski definition) is 1. The third-order valence-electron chi connectivity index (χ3n) is 6.75. The maximum Gasteiger partial charge on any atom is 0.244 e. The minimum absolute atomic E-state index is 0.0617. The van der Waals surface area contributed by atoms with E-state index in [9.17, 15) is 22.8 Å². The van der Waals surface area contributed by atoms with Gasteiger partial charge in [0, 0.05) is 25.2 Å². The van der Waals surface area contributed by atoms with Gasteiger partial charge in [0.25, 0.3) is 0 Å². The predicted octanol–water partition coefficient (Wildman–Crippen LogP) is 3.16. The van der Waals surface area contributed by atoms with E-state index in [4.69, 9.17) is 11.6 Å². The Morgan fingerprint density at radius 1 is 1.03 bits per heavy atom. The Morgan fingerprint density at radius 3 is 2.38 bits per heavy atom. The third-order valence-corrected chi connectivity index (χ3v) is 9.13. The van der Waals surface area contributed by atoms with Crippen molar-refractivity contribution in [2.45, 2.75) is 62.7 Å². The SMILES string of the molecule is O=C(CN1C(=O)CC2(CCCCC2)C1=O)Nc1ccc(Cl)c(S(=O)(=O)N2CCCCC2)c1. The Labute approximate surface area is 193 Å². The molecule has 8 nitrogen and oxygen atoms in total. The van der Waals surface area contributed by atoms with Gasteiger partial charge in [-0.3, -0.25) is 19.3 Å². The minimum atomic E-state index is -3.78. The Kier molecular flexibility index (Phi) is 6.61. The first-order chi connectivity index (χ1) is 15.2. The molecule has 1 aromatic rings. The highest BCUT2D eigenvalue weighted by molar-refractivity contribution is 7.89. The number of benzene rings is 1. The van der Waals surface area contributed by atoms with Crippen LogP contribution in [0.5, 0.6) is 0 Å². The van der Waals surface area contributed by atoms with Crippen molar-refractivity contribution in [3.05, 3.63) is 23.2 Å². The zero-order valence-corrected chi connectivity index (χ0v) is 19.5.